The predicted octanol–water partition coefficient (Wildman–Crippen LogP) is 1.24. The summed E-state index contributed by atoms with van der Waals surface area (Å²) in [6.45, 7) is 9.76. The van der Waals surface area contributed by atoms with Gasteiger partial charge in [-0.1, -0.05) is 6.92 Å². The molecular formula is C14H30N2O2. The number of methoxy groups -OCH3 is 1. The van der Waals surface area contributed by atoms with Crippen LogP contribution in [0, 0.1) is 0 Å². The third-order valence-electron chi connectivity index (χ3n) is 4.13. The van der Waals surface area contributed by atoms with Gasteiger partial charge in [0, 0.05) is 31.8 Å². The molecule has 0 saturated carbocycles. The number of aliphatic hydroxyl groups is 1. The first-order chi connectivity index (χ1) is 8.54. The Morgan fingerprint density at radius 3 is 2.50 bits per heavy atom. The summed E-state index contributed by atoms with van der Waals surface area (Å²) in [6, 6.07) is 0.499. The van der Waals surface area contributed by atoms with Gasteiger partial charge >= 0.3 is 0 Å². The van der Waals surface area contributed by atoms with E-state index in [0.717, 1.165) is 38.9 Å². The lowest BCUT2D eigenvalue weighted by atomic mass is 9.92. The van der Waals surface area contributed by atoms with Crippen molar-refractivity contribution in [2.24, 2.45) is 0 Å². The number of aliphatic hydroxyl groups excluding tert-OH is 1. The van der Waals surface area contributed by atoms with Gasteiger partial charge in [-0.25, -0.2) is 0 Å². The predicted molar refractivity (Wildman–Crippen MR) is 74.9 cm³/mol. The zero-order valence-electron chi connectivity index (χ0n) is 12.4. The maximum absolute atomic E-state index is 9.54. The summed E-state index contributed by atoms with van der Waals surface area (Å²) in [5.74, 6) is 0. The third-order valence-corrected chi connectivity index (χ3v) is 4.13. The maximum Gasteiger partial charge on any atom is 0.0611 e. The van der Waals surface area contributed by atoms with Crippen molar-refractivity contribution in [1.82, 2.24) is 10.2 Å². The number of likely N-dealkylation sites (N-methyl/N-ethyl adjacent to an activating group) is 1. The second-order valence-corrected chi connectivity index (χ2v) is 5.77. The minimum Gasteiger partial charge on any atom is -0.394 e. The average molecular weight is 258 g/mol. The van der Waals surface area contributed by atoms with Gasteiger partial charge in [0.1, 0.15) is 0 Å². The van der Waals surface area contributed by atoms with Crippen LogP contribution in [0.4, 0.5) is 0 Å². The van der Waals surface area contributed by atoms with E-state index in [9.17, 15) is 5.11 Å². The number of ether oxygens (including phenoxy) is 1. The fourth-order valence-corrected chi connectivity index (χ4v) is 2.95. The van der Waals surface area contributed by atoms with Crippen LogP contribution in [0.25, 0.3) is 0 Å². The van der Waals surface area contributed by atoms with Crippen LogP contribution in [0.1, 0.15) is 40.0 Å². The molecule has 4 nitrogen and oxygen atoms in total. The molecule has 0 aromatic heterocycles. The van der Waals surface area contributed by atoms with Crippen molar-refractivity contribution in [1.29, 1.82) is 0 Å². The molecule has 0 radical (unpaired) electrons. The average Bonchev–Trinajstić information content (AvgIpc) is 2.39. The molecule has 0 aromatic carbocycles. The molecule has 108 valence electrons. The van der Waals surface area contributed by atoms with Gasteiger partial charge in [-0.05, 0) is 39.7 Å². The number of hydrogen-bond acceptors (Lipinski definition) is 4. The van der Waals surface area contributed by atoms with E-state index in [1.54, 1.807) is 7.11 Å². The fraction of sp³-hybridized carbons (Fsp3) is 1.00. The molecule has 0 bridgehead atoms. The van der Waals surface area contributed by atoms with E-state index >= 15 is 0 Å². The minimum atomic E-state index is -0.160. The minimum absolute atomic E-state index is 0.160. The second-order valence-electron chi connectivity index (χ2n) is 5.77. The normalized spacial score (nSPS) is 23.8. The molecule has 1 heterocycles. The van der Waals surface area contributed by atoms with Crippen LogP contribution >= 0.6 is 0 Å². The molecule has 0 spiro atoms. The van der Waals surface area contributed by atoms with E-state index in [-0.39, 0.29) is 12.1 Å². The molecule has 0 aromatic rings. The number of nitrogens with one attached hydrogen (secondary N) is 1. The molecule has 1 fully saturated rings. The van der Waals surface area contributed by atoms with Crippen LogP contribution < -0.4 is 5.32 Å². The van der Waals surface area contributed by atoms with Crippen molar-refractivity contribution in [3.63, 3.8) is 0 Å². The zero-order valence-corrected chi connectivity index (χ0v) is 12.4. The molecule has 4 heteroatoms. The number of likely N-dealkylation sites (tertiary alicyclic amines) is 1. The monoisotopic (exact) mass is 258 g/mol. The van der Waals surface area contributed by atoms with Gasteiger partial charge in [0.05, 0.1) is 12.7 Å². The van der Waals surface area contributed by atoms with Crippen LogP contribution in [0.2, 0.25) is 0 Å². The zero-order chi connectivity index (χ0) is 13.6. The van der Waals surface area contributed by atoms with Crippen LogP contribution in [0.5, 0.6) is 0 Å². The summed E-state index contributed by atoms with van der Waals surface area (Å²) in [4.78, 5) is 2.51. The van der Waals surface area contributed by atoms with Crippen molar-refractivity contribution in [3.8, 4) is 0 Å². The Kier molecular flexibility index (Phi) is 6.57. The Labute approximate surface area is 112 Å². The highest BCUT2D eigenvalue weighted by Gasteiger charge is 2.29. The lowest BCUT2D eigenvalue weighted by molar-refractivity contribution is 0.0214. The van der Waals surface area contributed by atoms with Crippen molar-refractivity contribution < 1.29 is 9.84 Å². The number of piperidine rings is 1. The fourth-order valence-electron chi connectivity index (χ4n) is 2.95. The third kappa shape index (κ3) is 4.50. The van der Waals surface area contributed by atoms with E-state index in [0.29, 0.717) is 12.1 Å². The Morgan fingerprint density at radius 1 is 1.44 bits per heavy atom. The molecule has 1 aliphatic rings. The van der Waals surface area contributed by atoms with E-state index in [2.05, 4.69) is 31.0 Å². The van der Waals surface area contributed by atoms with Gasteiger partial charge in [-0.3, -0.25) is 0 Å². The van der Waals surface area contributed by atoms with Gasteiger partial charge in [0.15, 0.2) is 0 Å². The van der Waals surface area contributed by atoms with Crippen molar-refractivity contribution in [3.05, 3.63) is 0 Å². The van der Waals surface area contributed by atoms with Crippen molar-refractivity contribution in [2.75, 3.05) is 33.4 Å². The lowest BCUT2D eigenvalue weighted by Crippen LogP contribution is -2.52. The molecule has 1 saturated heterocycles. The van der Waals surface area contributed by atoms with Crippen LogP contribution in [0.15, 0.2) is 0 Å². The van der Waals surface area contributed by atoms with E-state index in [4.69, 9.17) is 4.74 Å². The first kappa shape index (κ1) is 15.9. The highest BCUT2D eigenvalue weighted by Crippen LogP contribution is 2.21. The first-order valence-corrected chi connectivity index (χ1v) is 7.17. The highest BCUT2D eigenvalue weighted by atomic mass is 16.5. The number of hydrogen-bond donors (Lipinski definition) is 2. The smallest absolute Gasteiger partial charge is 0.0611 e. The van der Waals surface area contributed by atoms with E-state index in [1.807, 2.05) is 0 Å². The molecular weight excluding hydrogens is 228 g/mol. The number of nitrogens with zero attached hydrogens (tertiary/aromatic N) is 1. The number of rotatable bonds is 7. The second kappa shape index (κ2) is 7.43. The molecule has 1 aliphatic heterocycles. The van der Waals surface area contributed by atoms with Crippen molar-refractivity contribution in [2.45, 2.75) is 57.7 Å². The summed E-state index contributed by atoms with van der Waals surface area (Å²) in [6.07, 6.45) is 3.66. The maximum atomic E-state index is 9.54. The Balaban J connectivity index is 2.42. The molecule has 0 amide bonds. The summed E-state index contributed by atoms with van der Waals surface area (Å²) in [7, 11) is 1.80. The summed E-state index contributed by atoms with van der Waals surface area (Å²) in [5.41, 5.74) is -0.160. The molecule has 2 N–H and O–H groups in total. The molecule has 2 unspecified atom stereocenters. The van der Waals surface area contributed by atoms with Crippen LogP contribution in [-0.2, 0) is 4.74 Å². The van der Waals surface area contributed by atoms with Gasteiger partial charge in [-0.15, -0.1) is 0 Å². The van der Waals surface area contributed by atoms with Gasteiger partial charge < -0.3 is 20.1 Å². The standard InChI is InChI=1S/C14H30N2O2/c1-5-15-14(3,11-17)10-12(2)16-8-6-13(18-4)7-9-16/h12-13,15,17H,5-11H2,1-4H3. The highest BCUT2D eigenvalue weighted by molar-refractivity contribution is 4.88. The Morgan fingerprint density at radius 2 is 2.06 bits per heavy atom. The molecule has 1 rings (SSSR count). The van der Waals surface area contributed by atoms with E-state index < -0.39 is 0 Å². The van der Waals surface area contributed by atoms with Crippen LogP contribution in [0.3, 0.4) is 0 Å². The lowest BCUT2D eigenvalue weighted by Gasteiger charge is -2.39. The van der Waals surface area contributed by atoms with E-state index in [1.165, 1.54) is 0 Å². The Hall–Kier alpha value is -0.160. The largest absolute Gasteiger partial charge is 0.394 e. The summed E-state index contributed by atoms with van der Waals surface area (Å²) < 4.78 is 5.40. The SMILES string of the molecule is CCNC(C)(CO)CC(C)N1CCC(OC)CC1. The van der Waals surface area contributed by atoms with Gasteiger partial charge in [0.2, 0.25) is 0 Å². The topological polar surface area (TPSA) is 44.7 Å². The molecule has 2 atom stereocenters. The Bertz CT molecular complexity index is 230. The quantitative estimate of drug-likeness (QED) is 0.721. The first-order valence-electron chi connectivity index (χ1n) is 7.17. The van der Waals surface area contributed by atoms with Gasteiger partial charge in [-0.2, -0.15) is 0 Å². The molecule has 18 heavy (non-hydrogen) atoms. The summed E-state index contributed by atoms with van der Waals surface area (Å²) in [5, 5.41) is 12.9. The molecule has 0 aliphatic carbocycles. The summed E-state index contributed by atoms with van der Waals surface area (Å²) >= 11 is 0. The van der Waals surface area contributed by atoms with Gasteiger partial charge in [0.25, 0.3) is 0 Å². The van der Waals surface area contributed by atoms with Crippen molar-refractivity contribution >= 4 is 0 Å². The van der Waals surface area contributed by atoms with Crippen LogP contribution in [-0.4, -0.2) is 61.0 Å².